The maximum Gasteiger partial charge on any atom is 0.339 e. The fourth-order valence-electron chi connectivity index (χ4n) is 2.43. The van der Waals surface area contributed by atoms with Gasteiger partial charge in [0.2, 0.25) is 5.91 Å². The first-order chi connectivity index (χ1) is 12.9. The molecule has 3 aromatic rings. The number of halogens is 2. The summed E-state index contributed by atoms with van der Waals surface area (Å²) in [5.74, 6) is -2.07. The number of hydrogen-bond donors (Lipinski definition) is 2. The Kier molecular flexibility index (Phi) is 5.69. The Bertz CT molecular complexity index is 1030. The van der Waals surface area contributed by atoms with Crippen LogP contribution in [0.1, 0.15) is 15.9 Å². The summed E-state index contributed by atoms with van der Waals surface area (Å²) in [7, 11) is 0. The number of nitrogens with one attached hydrogen (secondary N) is 1. The average Bonchev–Trinajstić information content (AvgIpc) is 3.04. The second-order valence-electron chi connectivity index (χ2n) is 5.54. The number of aromatic carboxylic acids is 1. The van der Waals surface area contributed by atoms with Gasteiger partial charge in [0.1, 0.15) is 11.4 Å². The smallest absolute Gasteiger partial charge is 0.339 e. The topological polar surface area (TPSA) is 66.4 Å². The van der Waals surface area contributed by atoms with Crippen molar-refractivity contribution in [2.24, 2.45) is 0 Å². The summed E-state index contributed by atoms with van der Waals surface area (Å²) in [5.41, 5.74) is 1.43. The van der Waals surface area contributed by atoms with E-state index in [1.54, 1.807) is 35.7 Å². The van der Waals surface area contributed by atoms with E-state index in [0.29, 0.717) is 21.0 Å². The maximum atomic E-state index is 13.2. The quantitative estimate of drug-likeness (QED) is 0.550. The van der Waals surface area contributed by atoms with Gasteiger partial charge in [-0.2, -0.15) is 0 Å². The van der Waals surface area contributed by atoms with Crippen LogP contribution in [-0.2, 0) is 4.79 Å². The molecule has 2 aromatic carbocycles. The number of amides is 1. The molecule has 0 aliphatic carbocycles. The summed E-state index contributed by atoms with van der Waals surface area (Å²) in [6, 6.07) is 12.6. The van der Waals surface area contributed by atoms with Crippen molar-refractivity contribution in [1.29, 1.82) is 0 Å². The number of carbonyl (C=O) groups is 2. The third kappa shape index (κ3) is 4.61. The van der Waals surface area contributed by atoms with Crippen molar-refractivity contribution in [3.05, 3.63) is 82.0 Å². The molecule has 0 aliphatic rings. The van der Waals surface area contributed by atoms with Crippen LogP contribution in [0, 0.1) is 5.82 Å². The number of carbonyl (C=O) groups excluding carboxylic acids is 1. The zero-order chi connectivity index (χ0) is 19.4. The number of hydrogen-bond acceptors (Lipinski definition) is 3. The third-order valence-electron chi connectivity index (χ3n) is 3.65. The molecule has 136 valence electrons. The summed E-state index contributed by atoms with van der Waals surface area (Å²) in [4.78, 5) is 24.4. The van der Waals surface area contributed by atoms with Crippen LogP contribution in [-0.4, -0.2) is 17.0 Å². The van der Waals surface area contributed by atoms with Gasteiger partial charge in [0.15, 0.2) is 0 Å². The summed E-state index contributed by atoms with van der Waals surface area (Å²) in [6.45, 7) is 0. The van der Waals surface area contributed by atoms with Crippen molar-refractivity contribution < 1.29 is 19.1 Å². The lowest BCUT2D eigenvalue weighted by Crippen LogP contribution is -2.11. The lowest BCUT2D eigenvalue weighted by molar-refractivity contribution is -0.111. The number of rotatable bonds is 5. The zero-order valence-corrected chi connectivity index (χ0v) is 15.4. The van der Waals surface area contributed by atoms with E-state index in [9.17, 15) is 19.1 Å². The Morgan fingerprint density at radius 1 is 1.15 bits per heavy atom. The minimum absolute atomic E-state index is 0.00910. The molecule has 7 heteroatoms. The average molecular weight is 402 g/mol. The van der Waals surface area contributed by atoms with Gasteiger partial charge in [-0.1, -0.05) is 35.9 Å². The molecule has 4 nitrogen and oxygen atoms in total. The van der Waals surface area contributed by atoms with E-state index >= 15 is 0 Å². The predicted molar refractivity (Wildman–Crippen MR) is 106 cm³/mol. The summed E-state index contributed by atoms with van der Waals surface area (Å²) >= 11 is 7.08. The molecule has 0 fully saturated rings. The maximum absolute atomic E-state index is 13.2. The van der Waals surface area contributed by atoms with E-state index in [1.807, 2.05) is 0 Å². The van der Waals surface area contributed by atoms with Gasteiger partial charge in [-0.25, -0.2) is 9.18 Å². The van der Waals surface area contributed by atoms with Gasteiger partial charge in [-0.3, -0.25) is 4.79 Å². The van der Waals surface area contributed by atoms with E-state index in [2.05, 4.69) is 5.32 Å². The first-order valence-corrected chi connectivity index (χ1v) is 9.05. The van der Waals surface area contributed by atoms with Gasteiger partial charge in [-0.15, -0.1) is 11.3 Å². The molecule has 0 unspecified atom stereocenters. The van der Waals surface area contributed by atoms with Crippen LogP contribution in [0.4, 0.5) is 10.1 Å². The highest BCUT2D eigenvalue weighted by Crippen LogP contribution is 2.36. The van der Waals surface area contributed by atoms with Crippen molar-refractivity contribution in [2.75, 3.05) is 5.32 Å². The molecule has 27 heavy (non-hydrogen) atoms. The number of anilines is 1. The zero-order valence-electron chi connectivity index (χ0n) is 13.8. The van der Waals surface area contributed by atoms with Crippen molar-refractivity contribution in [1.82, 2.24) is 0 Å². The van der Waals surface area contributed by atoms with Crippen LogP contribution in [0.15, 0.2) is 60.0 Å². The van der Waals surface area contributed by atoms with Crippen LogP contribution in [0.3, 0.4) is 0 Å². The van der Waals surface area contributed by atoms with E-state index < -0.39 is 17.7 Å². The Morgan fingerprint density at radius 2 is 1.89 bits per heavy atom. The number of carboxylic acids is 1. The SMILES string of the molecule is O=C(/C=C/c1cccc(F)c1)Nc1csc(-c2ccc(Cl)cc2)c1C(=O)O. The molecule has 3 rings (SSSR count). The molecule has 0 atom stereocenters. The van der Waals surface area contributed by atoms with Crippen LogP contribution in [0.2, 0.25) is 5.02 Å². The van der Waals surface area contributed by atoms with Crippen LogP contribution in [0.5, 0.6) is 0 Å². The first kappa shape index (κ1) is 18.8. The number of carboxylic acid groups (broad SMARTS) is 1. The van der Waals surface area contributed by atoms with E-state index in [1.165, 1.54) is 41.7 Å². The summed E-state index contributed by atoms with van der Waals surface area (Å²) in [6.07, 6.45) is 2.67. The molecule has 2 N–H and O–H groups in total. The van der Waals surface area contributed by atoms with Crippen LogP contribution < -0.4 is 5.32 Å². The molecule has 0 saturated heterocycles. The second kappa shape index (κ2) is 8.16. The highest BCUT2D eigenvalue weighted by Gasteiger charge is 2.20. The predicted octanol–water partition coefficient (Wildman–Crippen LogP) is 5.56. The van der Waals surface area contributed by atoms with Crippen molar-refractivity contribution in [3.8, 4) is 10.4 Å². The first-order valence-electron chi connectivity index (χ1n) is 7.79. The van der Waals surface area contributed by atoms with Crippen molar-refractivity contribution in [2.45, 2.75) is 0 Å². The second-order valence-corrected chi connectivity index (χ2v) is 6.86. The summed E-state index contributed by atoms with van der Waals surface area (Å²) in [5, 5.41) is 14.2. The molecule has 0 aliphatic heterocycles. The molecule has 0 spiro atoms. The lowest BCUT2D eigenvalue weighted by atomic mass is 10.1. The molecular weight excluding hydrogens is 389 g/mol. The molecule has 1 aromatic heterocycles. The largest absolute Gasteiger partial charge is 0.478 e. The normalized spacial score (nSPS) is 10.9. The molecule has 0 radical (unpaired) electrons. The standard InChI is InChI=1S/C20H13ClFNO3S/c21-14-7-5-13(6-8-14)19-18(20(25)26)16(11-27-19)23-17(24)9-4-12-2-1-3-15(22)10-12/h1-11H,(H,23,24)(H,25,26)/b9-4+. The molecule has 1 amide bonds. The number of benzene rings is 2. The minimum Gasteiger partial charge on any atom is -0.478 e. The van der Waals surface area contributed by atoms with E-state index in [0.717, 1.165) is 0 Å². The fourth-order valence-corrected chi connectivity index (χ4v) is 3.56. The van der Waals surface area contributed by atoms with Crippen LogP contribution in [0.25, 0.3) is 16.5 Å². The Hall–Kier alpha value is -2.96. The minimum atomic E-state index is -1.15. The van der Waals surface area contributed by atoms with Gasteiger partial charge in [0, 0.05) is 16.5 Å². The molecule has 0 saturated carbocycles. The fraction of sp³-hybridized carbons (Fsp3) is 0. The Balaban J connectivity index is 1.83. The number of thiophene rings is 1. The van der Waals surface area contributed by atoms with E-state index in [4.69, 9.17) is 11.6 Å². The van der Waals surface area contributed by atoms with Gasteiger partial charge in [-0.05, 0) is 41.5 Å². The van der Waals surface area contributed by atoms with Gasteiger partial charge >= 0.3 is 5.97 Å². The highest BCUT2D eigenvalue weighted by molar-refractivity contribution is 7.14. The third-order valence-corrected chi connectivity index (χ3v) is 4.93. The van der Waals surface area contributed by atoms with Crippen LogP contribution >= 0.6 is 22.9 Å². The summed E-state index contributed by atoms with van der Waals surface area (Å²) < 4.78 is 13.2. The van der Waals surface area contributed by atoms with Gasteiger partial charge < -0.3 is 10.4 Å². The van der Waals surface area contributed by atoms with Gasteiger partial charge in [0.25, 0.3) is 0 Å². The lowest BCUT2D eigenvalue weighted by Gasteiger charge is -2.04. The molecular formula is C20H13ClFNO3S. The monoisotopic (exact) mass is 401 g/mol. The van der Waals surface area contributed by atoms with Crippen molar-refractivity contribution >= 4 is 46.6 Å². The van der Waals surface area contributed by atoms with E-state index in [-0.39, 0.29) is 11.3 Å². The highest BCUT2D eigenvalue weighted by atomic mass is 35.5. The van der Waals surface area contributed by atoms with Crippen molar-refractivity contribution in [3.63, 3.8) is 0 Å². The molecule has 1 heterocycles. The van der Waals surface area contributed by atoms with Gasteiger partial charge in [0.05, 0.1) is 10.6 Å². The molecule has 0 bridgehead atoms. The Labute approximate surface area is 163 Å². The Morgan fingerprint density at radius 3 is 2.56 bits per heavy atom.